The molecule has 1 aromatic rings. The van der Waals surface area contributed by atoms with Gasteiger partial charge in [-0.15, -0.1) is 12.4 Å². The molecular formula is C13H16BrClF2N2O3. The van der Waals surface area contributed by atoms with Gasteiger partial charge in [0, 0.05) is 29.7 Å². The van der Waals surface area contributed by atoms with Crippen LogP contribution in [0.3, 0.4) is 0 Å². The van der Waals surface area contributed by atoms with Gasteiger partial charge >= 0.3 is 6.61 Å². The molecule has 1 fully saturated rings. The van der Waals surface area contributed by atoms with Gasteiger partial charge in [0.1, 0.15) is 11.9 Å². The average molecular weight is 402 g/mol. The molecule has 5 nitrogen and oxygen atoms in total. The van der Waals surface area contributed by atoms with Gasteiger partial charge in [-0.05, 0) is 18.2 Å². The van der Waals surface area contributed by atoms with E-state index in [-0.39, 0.29) is 30.6 Å². The number of amides is 1. The molecule has 1 amide bonds. The second-order valence-corrected chi connectivity index (χ2v) is 5.33. The van der Waals surface area contributed by atoms with Gasteiger partial charge < -0.3 is 20.1 Å². The van der Waals surface area contributed by atoms with Crippen LogP contribution in [0, 0.1) is 0 Å². The van der Waals surface area contributed by atoms with Crippen LogP contribution >= 0.6 is 28.3 Å². The zero-order valence-corrected chi connectivity index (χ0v) is 13.9. The standard InChI is InChI=1S/C13H15BrF2N2O3.ClH/c14-9-1-2-10(21-13(15)16)8(5-9)6-18-12(19)11-7-17-3-4-20-11;/h1-2,5,11,13,17H,3-4,6-7H2,(H,18,19);1H. The molecule has 0 spiro atoms. The van der Waals surface area contributed by atoms with Crippen LogP contribution in [0.25, 0.3) is 0 Å². The van der Waals surface area contributed by atoms with Crippen molar-refractivity contribution in [3.63, 3.8) is 0 Å². The number of alkyl halides is 2. The maximum absolute atomic E-state index is 12.3. The Kier molecular flexibility index (Phi) is 8.02. The first-order valence-corrected chi connectivity index (χ1v) is 7.19. The smallest absolute Gasteiger partial charge is 0.387 e. The third kappa shape index (κ3) is 5.68. The minimum absolute atomic E-state index is 0. The van der Waals surface area contributed by atoms with Crippen LogP contribution in [-0.2, 0) is 16.1 Å². The van der Waals surface area contributed by atoms with Gasteiger partial charge in [0.05, 0.1) is 6.61 Å². The second-order valence-electron chi connectivity index (χ2n) is 4.41. The van der Waals surface area contributed by atoms with E-state index < -0.39 is 12.7 Å². The highest BCUT2D eigenvalue weighted by Gasteiger charge is 2.21. The first kappa shape index (κ1) is 19.1. The van der Waals surface area contributed by atoms with Crippen molar-refractivity contribution in [3.8, 4) is 5.75 Å². The van der Waals surface area contributed by atoms with Crippen molar-refractivity contribution in [2.24, 2.45) is 0 Å². The fourth-order valence-electron chi connectivity index (χ4n) is 1.93. The first-order chi connectivity index (χ1) is 10.1. The molecule has 0 saturated carbocycles. The third-order valence-corrected chi connectivity index (χ3v) is 3.40. The van der Waals surface area contributed by atoms with Gasteiger partial charge in [0.25, 0.3) is 5.91 Å². The minimum Gasteiger partial charge on any atom is -0.434 e. The van der Waals surface area contributed by atoms with Gasteiger partial charge in [0.15, 0.2) is 0 Å². The normalized spacial score (nSPS) is 17.7. The number of hydrogen-bond donors (Lipinski definition) is 2. The molecule has 22 heavy (non-hydrogen) atoms. The lowest BCUT2D eigenvalue weighted by Gasteiger charge is -2.23. The van der Waals surface area contributed by atoms with Gasteiger partial charge in [-0.2, -0.15) is 8.78 Å². The molecule has 2 N–H and O–H groups in total. The van der Waals surface area contributed by atoms with Crippen LogP contribution < -0.4 is 15.4 Å². The Morgan fingerprint density at radius 3 is 2.95 bits per heavy atom. The number of ether oxygens (including phenoxy) is 2. The monoisotopic (exact) mass is 400 g/mol. The van der Waals surface area contributed by atoms with Crippen LogP contribution in [0.2, 0.25) is 0 Å². The summed E-state index contributed by atoms with van der Waals surface area (Å²) in [6.07, 6.45) is -0.564. The summed E-state index contributed by atoms with van der Waals surface area (Å²) in [4.78, 5) is 11.9. The molecule has 1 unspecified atom stereocenters. The minimum atomic E-state index is -2.91. The molecule has 1 aliphatic heterocycles. The summed E-state index contributed by atoms with van der Waals surface area (Å²) in [5.41, 5.74) is 0.460. The van der Waals surface area contributed by atoms with E-state index in [1.165, 1.54) is 6.07 Å². The van der Waals surface area contributed by atoms with E-state index in [0.717, 1.165) is 0 Å². The van der Waals surface area contributed by atoms with E-state index in [0.29, 0.717) is 29.7 Å². The average Bonchev–Trinajstić information content (AvgIpc) is 2.47. The van der Waals surface area contributed by atoms with Crippen LogP contribution in [0.4, 0.5) is 8.78 Å². The number of hydrogen-bond acceptors (Lipinski definition) is 4. The molecule has 0 bridgehead atoms. The van der Waals surface area contributed by atoms with Gasteiger partial charge in [-0.3, -0.25) is 4.79 Å². The molecule has 1 atom stereocenters. The SMILES string of the molecule is Cl.O=C(NCc1cc(Br)ccc1OC(F)F)C1CNCCO1. The van der Waals surface area contributed by atoms with Crippen LogP contribution in [0.1, 0.15) is 5.56 Å². The summed E-state index contributed by atoms with van der Waals surface area (Å²) in [5, 5.41) is 5.70. The summed E-state index contributed by atoms with van der Waals surface area (Å²) in [6.45, 7) is -1.21. The maximum Gasteiger partial charge on any atom is 0.387 e. The van der Waals surface area contributed by atoms with Gasteiger partial charge in [0.2, 0.25) is 0 Å². The largest absolute Gasteiger partial charge is 0.434 e. The topological polar surface area (TPSA) is 59.6 Å². The van der Waals surface area contributed by atoms with Crippen LogP contribution in [0.5, 0.6) is 5.75 Å². The summed E-state index contributed by atoms with van der Waals surface area (Å²) in [5.74, 6) is -0.249. The fraction of sp³-hybridized carbons (Fsp3) is 0.462. The number of rotatable bonds is 5. The Morgan fingerprint density at radius 2 is 2.32 bits per heavy atom. The number of benzene rings is 1. The van der Waals surface area contributed by atoms with E-state index in [1.807, 2.05) is 0 Å². The van der Waals surface area contributed by atoms with Crippen molar-refractivity contribution in [2.45, 2.75) is 19.3 Å². The predicted octanol–water partition coefficient (Wildman–Crippen LogP) is 2.08. The van der Waals surface area contributed by atoms with E-state index >= 15 is 0 Å². The van der Waals surface area contributed by atoms with Crippen molar-refractivity contribution in [1.29, 1.82) is 0 Å². The third-order valence-electron chi connectivity index (χ3n) is 2.91. The van der Waals surface area contributed by atoms with E-state index in [1.54, 1.807) is 12.1 Å². The van der Waals surface area contributed by atoms with Crippen molar-refractivity contribution in [1.82, 2.24) is 10.6 Å². The van der Waals surface area contributed by atoms with Crippen molar-refractivity contribution in [3.05, 3.63) is 28.2 Å². The Bertz CT molecular complexity index is 502. The summed E-state index contributed by atoms with van der Waals surface area (Å²) < 4.78 is 35.1. The summed E-state index contributed by atoms with van der Waals surface area (Å²) in [7, 11) is 0. The Balaban J connectivity index is 0.00000242. The summed E-state index contributed by atoms with van der Waals surface area (Å²) >= 11 is 3.26. The Labute approximate surface area is 141 Å². The second kappa shape index (κ2) is 9.24. The molecule has 124 valence electrons. The molecule has 1 heterocycles. The predicted molar refractivity (Wildman–Crippen MR) is 82.5 cm³/mol. The highest BCUT2D eigenvalue weighted by molar-refractivity contribution is 9.10. The number of halogens is 4. The lowest BCUT2D eigenvalue weighted by Crippen LogP contribution is -2.47. The van der Waals surface area contributed by atoms with Crippen molar-refractivity contribution >= 4 is 34.2 Å². The van der Waals surface area contributed by atoms with E-state index in [2.05, 4.69) is 31.3 Å². The molecule has 0 radical (unpaired) electrons. The number of carbonyl (C=O) groups excluding carboxylic acids is 1. The quantitative estimate of drug-likeness (QED) is 0.793. The van der Waals surface area contributed by atoms with Crippen LogP contribution in [0.15, 0.2) is 22.7 Å². The number of nitrogens with one attached hydrogen (secondary N) is 2. The Hall–Kier alpha value is -0.960. The Morgan fingerprint density at radius 1 is 1.55 bits per heavy atom. The lowest BCUT2D eigenvalue weighted by atomic mass is 10.2. The van der Waals surface area contributed by atoms with Gasteiger partial charge in [-0.25, -0.2) is 0 Å². The highest BCUT2D eigenvalue weighted by atomic mass is 79.9. The van der Waals surface area contributed by atoms with Crippen LogP contribution in [-0.4, -0.2) is 38.3 Å². The zero-order valence-electron chi connectivity index (χ0n) is 11.5. The maximum atomic E-state index is 12.3. The molecular weight excluding hydrogens is 386 g/mol. The molecule has 9 heteroatoms. The van der Waals surface area contributed by atoms with E-state index in [9.17, 15) is 13.6 Å². The van der Waals surface area contributed by atoms with Crippen molar-refractivity contribution in [2.75, 3.05) is 19.7 Å². The highest BCUT2D eigenvalue weighted by Crippen LogP contribution is 2.24. The molecule has 2 rings (SSSR count). The fourth-order valence-corrected chi connectivity index (χ4v) is 2.34. The number of morpholine rings is 1. The van der Waals surface area contributed by atoms with Crippen molar-refractivity contribution < 1.29 is 23.0 Å². The summed E-state index contributed by atoms with van der Waals surface area (Å²) in [6, 6.07) is 4.64. The molecule has 0 aromatic heterocycles. The zero-order chi connectivity index (χ0) is 15.2. The molecule has 0 aliphatic carbocycles. The molecule has 1 saturated heterocycles. The molecule has 1 aromatic carbocycles. The van der Waals surface area contributed by atoms with Gasteiger partial charge in [-0.1, -0.05) is 15.9 Å². The number of carbonyl (C=O) groups is 1. The van der Waals surface area contributed by atoms with E-state index in [4.69, 9.17) is 4.74 Å². The first-order valence-electron chi connectivity index (χ1n) is 6.39. The molecule has 1 aliphatic rings. The lowest BCUT2D eigenvalue weighted by molar-refractivity contribution is -0.134.